The average molecular weight is 302 g/mol. The van der Waals surface area contributed by atoms with Gasteiger partial charge in [-0.3, -0.25) is 0 Å². The van der Waals surface area contributed by atoms with Crippen molar-refractivity contribution in [1.82, 2.24) is 5.32 Å². The molecule has 1 N–H and O–H groups in total. The van der Waals surface area contributed by atoms with Gasteiger partial charge in [-0.1, -0.05) is 36.0 Å². The molecule has 19 heavy (non-hydrogen) atoms. The molecule has 1 fully saturated rings. The molecule has 2 nitrogen and oxygen atoms in total. The molecule has 0 amide bonds. The Morgan fingerprint density at radius 2 is 1.95 bits per heavy atom. The fraction of sp³-hybridized carbons (Fsp3) is 0.600. The van der Waals surface area contributed by atoms with Crippen molar-refractivity contribution < 1.29 is 4.74 Å². The zero-order valence-corrected chi connectivity index (χ0v) is 13.0. The second-order valence-corrected chi connectivity index (χ2v) is 5.86. The van der Waals surface area contributed by atoms with Gasteiger partial charge >= 0.3 is 0 Å². The van der Waals surface area contributed by atoms with Crippen LogP contribution in [0.4, 0.5) is 0 Å². The lowest BCUT2D eigenvalue weighted by atomic mass is 9.91. The Bertz CT molecular complexity index is 430. The molecule has 1 atom stereocenters. The van der Waals surface area contributed by atoms with E-state index in [1.54, 1.807) is 0 Å². The van der Waals surface area contributed by atoms with Crippen molar-refractivity contribution in [2.45, 2.75) is 38.6 Å². The first-order valence-corrected chi connectivity index (χ1v) is 7.72. The van der Waals surface area contributed by atoms with Crippen molar-refractivity contribution in [3.05, 3.63) is 27.7 Å². The van der Waals surface area contributed by atoms with Crippen LogP contribution in [0.3, 0.4) is 0 Å². The van der Waals surface area contributed by atoms with E-state index in [0.29, 0.717) is 23.3 Å². The predicted octanol–water partition coefficient (Wildman–Crippen LogP) is 4.84. The zero-order valence-electron chi connectivity index (χ0n) is 11.5. The molecule has 1 aliphatic rings. The van der Waals surface area contributed by atoms with Crippen LogP contribution >= 0.6 is 23.2 Å². The molecule has 0 spiro atoms. The molecule has 106 valence electrons. The highest BCUT2D eigenvalue weighted by Gasteiger charge is 2.27. The van der Waals surface area contributed by atoms with Crippen LogP contribution in [-0.2, 0) is 0 Å². The number of ether oxygens (including phenoxy) is 1. The maximum Gasteiger partial charge on any atom is 0.139 e. The van der Waals surface area contributed by atoms with Crippen LogP contribution in [0, 0.1) is 5.92 Å². The van der Waals surface area contributed by atoms with Crippen molar-refractivity contribution in [2.75, 3.05) is 13.7 Å². The van der Waals surface area contributed by atoms with Crippen molar-refractivity contribution in [1.29, 1.82) is 0 Å². The Kier molecular flexibility index (Phi) is 5.37. The molecule has 1 saturated carbocycles. The number of hydrogen-bond donors (Lipinski definition) is 1. The summed E-state index contributed by atoms with van der Waals surface area (Å²) in [5.74, 6) is 1.32. The van der Waals surface area contributed by atoms with E-state index < -0.39 is 0 Å². The van der Waals surface area contributed by atoms with Crippen LogP contribution in [0.25, 0.3) is 0 Å². The van der Waals surface area contributed by atoms with Gasteiger partial charge in [0.2, 0.25) is 0 Å². The van der Waals surface area contributed by atoms with Gasteiger partial charge in [0, 0.05) is 17.1 Å². The summed E-state index contributed by atoms with van der Waals surface area (Å²) in [4.78, 5) is 0. The number of hydrogen-bond acceptors (Lipinski definition) is 2. The second-order valence-electron chi connectivity index (χ2n) is 5.05. The van der Waals surface area contributed by atoms with Gasteiger partial charge in [0.05, 0.1) is 11.6 Å². The summed E-state index contributed by atoms with van der Waals surface area (Å²) >= 11 is 12.7. The van der Waals surface area contributed by atoms with E-state index in [1.807, 2.05) is 26.1 Å². The third kappa shape index (κ3) is 3.36. The van der Waals surface area contributed by atoms with E-state index in [1.165, 1.54) is 25.7 Å². The monoisotopic (exact) mass is 301 g/mol. The topological polar surface area (TPSA) is 21.3 Å². The SMILES string of the molecule is CCOc1cc(Cl)c(C(NC)C2CCCC2)cc1Cl. The smallest absolute Gasteiger partial charge is 0.139 e. The molecule has 0 aromatic heterocycles. The third-order valence-corrected chi connectivity index (χ3v) is 4.49. The van der Waals surface area contributed by atoms with Gasteiger partial charge in [0.25, 0.3) is 0 Å². The van der Waals surface area contributed by atoms with E-state index >= 15 is 0 Å². The lowest BCUT2D eigenvalue weighted by Crippen LogP contribution is -2.24. The van der Waals surface area contributed by atoms with E-state index in [4.69, 9.17) is 27.9 Å². The molecule has 0 saturated heterocycles. The second kappa shape index (κ2) is 6.83. The fourth-order valence-corrected chi connectivity index (χ4v) is 3.48. The number of rotatable bonds is 5. The average Bonchev–Trinajstić information content (AvgIpc) is 2.90. The van der Waals surface area contributed by atoms with Crippen LogP contribution in [0.1, 0.15) is 44.2 Å². The van der Waals surface area contributed by atoms with Crippen molar-refractivity contribution >= 4 is 23.2 Å². The maximum absolute atomic E-state index is 6.41. The lowest BCUT2D eigenvalue weighted by molar-refractivity contribution is 0.339. The summed E-state index contributed by atoms with van der Waals surface area (Å²) in [7, 11) is 1.99. The molecule has 1 aliphatic carbocycles. The summed E-state index contributed by atoms with van der Waals surface area (Å²) in [6, 6.07) is 4.07. The lowest BCUT2D eigenvalue weighted by Gasteiger charge is -2.25. The first-order chi connectivity index (χ1) is 9.17. The van der Waals surface area contributed by atoms with Gasteiger partial charge in [-0.2, -0.15) is 0 Å². The predicted molar refractivity (Wildman–Crippen MR) is 81.4 cm³/mol. The fourth-order valence-electron chi connectivity index (χ4n) is 2.98. The molecular formula is C15H21Cl2NO. The Hall–Kier alpha value is -0.440. The van der Waals surface area contributed by atoms with E-state index in [9.17, 15) is 0 Å². The molecule has 4 heteroatoms. The Morgan fingerprint density at radius 3 is 2.53 bits per heavy atom. The van der Waals surface area contributed by atoms with Gasteiger partial charge in [-0.25, -0.2) is 0 Å². The minimum atomic E-state index is 0.281. The van der Waals surface area contributed by atoms with E-state index in [2.05, 4.69) is 5.32 Å². The summed E-state index contributed by atoms with van der Waals surface area (Å²) in [5, 5.41) is 4.77. The molecule has 1 aromatic rings. The largest absolute Gasteiger partial charge is 0.492 e. The standard InChI is InChI=1S/C15H21Cl2NO/c1-3-19-14-9-12(16)11(8-13(14)17)15(18-2)10-6-4-5-7-10/h8-10,15,18H,3-7H2,1-2H3. The van der Waals surface area contributed by atoms with Crippen LogP contribution in [0.2, 0.25) is 10.0 Å². The Labute approximate surface area is 125 Å². The van der Waals surface area contributed by atoms with Gasteiger partial charge in [-0.05, 0) is 44.4 Å². The van der Waals surface area contributed by atoms with Crippen molar-refractivity contribution in [3.8, 4) is 5.75 Å². The summed E-state index contributed by atoms with van der Waals surface area (Å²) in [5.41, 5.74) is 1.09. The van der Waals surface area contributed by atoms with E-state index in [0.717, 1.165) is 10.6 Å². The third-order valence-electron chi connectivity index (χ3n) is 3.87. The quantitative estimate of drug-likeness (QED) is 0.840. The van der Waals surface area contributed by atoms with Gasteiger partial charge in [-0.15, -0.1) is 0 Å². The maximum atomic E-state index is 6.41. The summed E-state index contributed by atoms with van der Waals surface area (Å²) < 4.78 is 5.47. The zero-order chi connectivity index (χ0) is 13.8. The molecule has 1 aromatic carbocycles. The van der Waals surface area contributed by atoms with Gasteiger partial charge in [0.1, 0.15) is 5.75 Å². The molecule has 0 radical (unpaired) electrons. The Morgan fingerprint density at radius 1 is 1.26 bits per heavy atom. The van der Waals surface area contributed by atoms with Crippen molar-refractivity contribution in [2.24, 2.45) is 5.92 Å². The minimum absolute atomic E-state index is 0.281. The number of nitrogens with one attached hydrogen (secondary N) is 1. The molecule has 0 aliphatic heterocycles. The highest BCUT2D eigenvalue weighted by atomic mass is 35.5. The van der Waals surface area contributed by atoms with E-state index in [-0.39, 0.29) is 6.04 Å². The first-order valence-electron chi connectivity index (χ1n) is 6.96. The molecule has 0 heterocycles. The van der Waals surface area contributed by atoms with Crippen LogP contribution in [-0.4, -0.2) is 13.7 Å². The molecule has 1 unspecified atom stereocenters. The molecular weight excluding hydrogens is 281 g/mol. The Balaban J connectivity index is 2.29. The highest BCUT2D eigenvalue weighted by Crippen LogP contribution is 2.41. The highest BCUT2D eigenvalue weighted by molar-refractivity contribution is 6.34. The van der Waals surface area contributed by atoms with Crippen LogP contribution < -0.4 is 10.1 Å². The minimum Gasteiger partial charge on any atom is -0.492 e. The normalized spacial score (nSPS) is 17.7. The number of benzene rings is 1. The summed E-state index contributed by atoms with van der Waals surface area (Å²) in [6.07, 6.45) is 5.13. The van der Waals surface area contributed by atoms with Crippen LogP contribution in [0.15, 0.2) is 12.1 Å². The van der Waals surface area contributed by atoms with Gasteiger partial charge < -0.3 is 10.1 Å². The van der Waals surface area contributed by atoms with Crippen molar-refractivity contribution in [3.63, 3.8) is 0 Å². The molecule has 2 rings (SSSR count). The van der Waals surface area contributed by atoms with Gasteiger partial charge in [0.15, 0.2) is 0 Å². The van der Waals surface area contributed by atoms with Crippen LogP contribution in [0.5, 0.6) is 5.75 Å². The first kappa shape index (κ1) is 15.0. The number of halogens is 2. The molecule has 0 bridgehead atoms. The summed E-state index contributed by atoms with van der Waals surface area (Å²) in [6.45, 7) is 2.53.